The minimum Gasteiger partial charge on any atom is -0.490 e. The maximum atomic E-state index is 12.3. The Hall–Kier alpha value is -4.65. The Kier molecular flexibility index (Phi) is 12.5. The van der Waals surface area contributed by atoms with Gasteiger partial charge in [0.15, 0.2) is 0 Å². The fourth-order valence-electron chi connectivity index (χ4n) is 5.36. The minimum atomic E-state index is -0.786. The Morgan fingerprint density at radius 1 is 1.02 bits per heavy atom. The highest BCUT2D eigenvalue weighted by atomic mass is 35.5. The van der Waals surface area contributed by atoms with Crippen molar-refractivity contribution in [2.45, 2.75) is 36.1 Å². The van der Waals surface area contributed by atoms with E-state index in [9.17, 15) is 15.3 Å². The van der Waals surface area contributed by atoms with E-state index in [1.807, 2.05) is 41.8 Å². The molecule has 0 spiro atoms. The maximum Gasteiger partial charge on any atom is 0.323 e. The number of pyridine rings is 1. The zero-order valence-corrected chi connectivity index (χ0v) is 29.2. The predicted octanol–water partition coefficient (Wildman–Crippen LogP) is 7.79. The van der Waals surface area contributed by atoms with Crippen molar-refractivity contribution in [1.29, 1.82) is 10.5 Å². The molecule has 1 aliphatic heterocycles. The molecule has 0 radical (unpaired) electrons. The number of rotatable bonds is 15. The van der Waals surface area contributed by atoms with Crippen molar-refractivity contribution in [3.63, 3.8) is 0 Å². The highest BCUT2D eigenvalue weighted by Gasteiger charge is 2.26. The van der Waals surface area contributed by atoms with Crippen molar-refractivity contribution in [2.24, 2.45) is 11.7 Å². The fraction of sp³-hybridized carbons (Fsp3) is 0.270. The van der Waals surface area contributed by atoms with Gasteiger partial charge < -0.3 is 20.1 Å². The fourth-order valence-corrected chi connectivity index (χ4v) is 7.29. The number of nitrogens with two attached hydrogens (primary N) is 1. The molecule has 0 bridgehead atoms. The van der Waals surface area contributed by atoms with E-state index in [0.29, 0.717) is 56.0 Å². The minimum absolute atomic E-state index is 0.0304. The smallest absolute Gasteiger partial charge is 0.323 e. The first kappa shape index (κ1) is 35.7. The third-order valence-corrected chi connectivity index (χ3v) is 10.1. The number of carbonyl (C=O) groups is 1. The zero-order valence-electron chi connectivity index (χ0n) is 26.8. The summed E-state index contributed by atoms with van der Waals surface area (Å²) in [4.78, 5) is 24.1. The van der Waals surface area contributed by atoms with Crippen molar-refractivity contribution < 1.29 is 14.3 Å². The van der Waals surface area contributed by atoms with Crippen LogP contribution in [0.1, 0.15) is 36.1 Å². The van der Waals surface area contributed by atoms with Gasteiger partial charge in [0.1, 0.15) is 58.6 Å². The van der Waals surface area contributed by atoms with Crippen LogP contribution in [0, 0.1) is 28.6 Å². The first-order valence-corrected chi connectivity index (χ1v) is 18.0. The number of esters is 1. The van der Waals surface area contributed by atoms with Gasteiger partial charge in [-0.3, -0.25) is 4.79 Å². The first-order valence-electron chi connectivity index (χ1n) is 15.7. The monoisotopic (exact) mass is 710 g/mol. The van der Waals surface area contributed by atoms with Crippen LogP contribution in [0.15, 0.2) is 84.2 Å². The van der Waals surface area contributed by atoms with Gasteiger partial charge in [-0.2, -0.15) is 10.5 Å². The average molecular weight is 711 g/mol. The summed E-state index contributed by atoms with van der Waals surface area (Å²) in [6, 6.07) is 18.6. The van der Waals surface area contributed by atoms with Crippen LogP contribution in [0.2, 0.25) is 5.02 Å². The molecule has 2 aromatic carbocycles. The zero-order chi connectivity index (χ0) is 34.8. The molecule has 0 amide bonds. The SMILES string of the molecule is C=CC(C=C)C[C@H](N)C(=O)OCCOc1ccc(-c2c(C#N)c(SCc3csc(-c4ccc(Cl)cc4)n3)nc(N3CCCC3)c2C#N)cc1. The van der Waals surface area contributed by atoms with E-state index in [-0.39, 0.29) is 19.1 Å². The summed E-state index contributed by atoms with van der Waals surface area (Å²) in [6.45, 7) is 9.17. The number of halogens is 1. The van der Waals surface area contributed by atoms with Crippen LogP contribution in [0.4, 0.5) is 5.82 Å². The molecular formula is C37H35ClN6O3S2. The van der Waals surface area contributed by atoms with Crippen LogP contribution < -0.4 is 15.4 Å². The number of ether oxygens (including phenoxy) is 2. The first-order chi connectivity index (χ1) is 23.8. The number of thioether (sulfide) groups is 1. The molecule has 2 aromatic heterocycles. The molecule has 3 heterocycles. The van der Waals surface area contributed by atoms with Gasteiger partial charge in [-0.25, -0.2) is 9.97 Å². The molecule has 1 saturated heterocycles. The summed E-state index contributed by atoms with van der Waals surface area (Å²) in [5, 5.41) is 24.9. The normalized spacial score (nSPS) is 13.0. The molecule has 0 aliphatic carbocycles. The molecule has 12 heteroatoms. The molecule has 1 atom stereocenters. The second kappa shape index (κ2) is 17.1. The largest absolute Gasteiger partial charge is 0.490 e. The van der Waals surface area contributed by atoms with Crippen LogP contribution in [-0.4, -0.2) is 48.3 Å². The number of anilines is 1. The summed E-state index contributed by atoms with van der Waals surface area (Å²) in [5.74, 6) is 1.04. The molecule has 0 saturated carbocycles. The van der Waals surface area contributed by atoms with Gasteiger partial charge in [0.2, 0.25) is 0 Å². The predicted molar refractivity (Wildman–Crippen MR) is 196 cm³/mol. The van der Waals surface area contributed by atoms with E-state index in [1.54, 1.807) is 35.6 Å². The van der Waals surface area contributed by atoms with E-state index in [4.69, 9.17) is 36.8 Å². The van der Waals surface area contributed by atoms with E-state index in [2.05, 4.69) is 30.2 Å². The van der Waals surface area contributed by atoms with Crippen molar-refractivity contribution in [3.8, 4) is 39.6 Å². The lowest BCUT2D eigenvalue weighted by Crippen LogP contribution is -2.34. The summed E-state index contributed by atoms with van der Waals surface area (Å²) >= 11 is 9.03. The Morgan fingerprint density at radius 2 is 1.69 bits per heavy atom. The lowest BCUT2D eigenvalue weighted by Gasteiger charge is -2.22. The number of hydrogen-bond acceptors (Lipinski definition) is 11. The molecule has 1 aliphatic rings. The molecule has 250 valence electrons. The van der Waals surface area contributed by atoms with Gasteiger partial charge in [-0.1, -0.05) is 59.8 Å². The van der Waals surface area contributed by atoms with Gasteiger partial charge in [0.25, 0.3) is 0 Å². The average Bonchev–Trinajstić information content (AvgIpc) is 3.84. The highest BCUT2D eigenvalue weighted by Crippen LogP contribution is 2.40. The summed E-state index contributed by atoms with van der Waals surface area (Å²) in [7, 11) is 0. The Bertz CT molecular complexity index is 1870. The van der Waals surface area contributed by atoms with Gasteiger partial charge in [-0.15, -0.1) is 24.5 Å². The quantitative estimate of drug-likeness (QED) is 0.0563. The molecule has 2 N–H and O–H groups in total. The third-order valence-electron chi connectivity index (χ3n) is 7.95. The van der Waals surface area contributed by atoms with E-state index >= 15 is 0 Å². The molecular weight excluding hydrogens is 676 g/mol. The number of nitriles is 2. The lowest BCUT2D eigenvalue weighted by atomic mass is 9.96. The van der Waals surface area contributed by atoms with Crippen LogP contribution >= 0.6 is 34.7 Å². The van der Waals surface area contributed by atoms with Crippen molar-refractivity contribution >= 4 is 46.5 Å². The lowest BCUT2D eigenvalue weighted by molar-refractivity contribution is -0.146. The third kappa shape index (κ3) is 8.88. The number of benzene rings is 2. The number of carbonyl (C=O) groups excluding carboxylic acids is 1. The summed E-state index contributed by atoms with van der Waals surface area (Å²) in [5.41, 5.74) is 9.74. The summed E-state index contributed by atoms with van der Waals surface area (Å²) in [6.07, 6.45) is 5.76. The number of hydrogen-bond donors (Lipinski definition) is 1. The topological polar surface area (TPSA) is 138 Å². The Morgan fingerprint density at radius 3 is 2.35 bits per heavy atom. The van der Waals surface area contributed by atoms with Crippen LogP contribution in [0.5, 0.6) is 5.75 Å². The van der Waals surface area contributed by atoms with Crippen LogP contribution in [0.25, 0.3) is 21.7 Å². The Labute approximate surface area is 299 Å². The number of aromatic nitrogens is 2. The molecule has 4 aromatic rings. The second-order valence-corrected chi connectivity index (χ2v) is 13.5. The molecule has 0 unspecified atom stereocenters. The van der Waals surface area contributed by atoms with Crippen molar-refractivity contribution in [1.82, 2.24) is 9.97 Å². The van der Waals surface area contributed by atoms with Crippen LogP contribution in [0.3, 0.4) is 0 Å². The summed E-state index contributed by atoms with van der Waals surface area (Å²) < 4.78 is 11.1. The van der Waals surface area contributed by atoms with Crippen LogP contribution in [-0.2, 0) is 15.3 Å². The number of thiazole rings is 1. The molecule has 9 nitrogen and oxygen atoms in total. The van der Waals surface area contributed by atoms with E-state index in [1.165, 1.54) is 11.8 Å². The molecule has 1 fully saturated rings. The molecule has 5 rings (SSSR count). The van der Waals surface area contributed by atoms with Gasteiger partial charge in [-0.05, 0) is 55.0 Å². The Balaban J connectivity index is 1.33. The molecule has 49 heavy (non-hydrogen) atoms. The van der Waals surface area contributed by atoms with E-state index < -0.39 is 12.0 Å². The number of allylic oxidation sites excluding steroid dienone is 2. The van der Waals surface area contributed by atoms with Gasteiger partial charge in [0.05, 0.1) is 11.3 Å². The highest BCUT2D eigenvalue weighted by molar-refractivity contribution is 7.98. The van der Waals surface area contributed by atoms with Crippen molar-refractivity contribution in [2.75, 3.05) is 31.2 Å². The maximum absolute atomic E-state index is 12.3. The number of nitrogens with zero attached hydrogens (tertiary/aromatic N) is 5. The van der Waals surface area contributed by atoms with Crippen molar-refractivity contribution in [3.05, 3.63) is 101 Å². The van der Waals surface area contributed by atoms with Gasteiger partial charge >= 0.3 is 5.97 Å². The van der Waals surface area contributed by atoms with Gasteiger partial charge in [0, 0.05) is 40.4 Å². The second-order valence-electron chi connectivity index (χ2n) is 11.2. The van der Waals surface area contributed by atoms with E-state index in [0.717, 1.165) is 42.2 Å². The standard InChI is InChI=1S/C37H35ClN6O3S2/c1-3-24(4-2)19-32(41)37(45)47-18-17-46-29-13-9-25(10-14-29)33-30(20-39)34(44-15-5-6-16-44)43-36(31(33)21-40)49-23-28-22-48-35(42-28)26-7-11-27(38)12-8-26/h3-4,7-14,22,24,32H,1-2,5-6,15-19,23,41H2/t32-/m0/s1.